The van der Waals surface area contributed by atoms with Crippen LogP contribution >= 0.6 is 0 Å². The Hall–Kier alpha value is -2.60. The number of hydrogen-bond donors (Lipinski definition) is 0. The molecule has 2 aromatic carbocycles. The Labute approximate surface area is 147 Å². The fourth-order valence-corrected chi connectivity index (χ4v) is 2.94. The lowest BCUT2D eigenvalue weighted by Gasteiger charge is -2.32. The highest BCUT2D eigenvalue weighted by Gasteiger charge is 2.38. The van der Waals surface area contributed by atoms with E-state index >= 15 is 0 Å². The summed E-state index contributed by atoms with van der Waals surface area (Å²) in [5.41, 5.74) is 1.68. The molecule has 0 spiro atoms. The van der Waals surface area contributed by atoms with Crippen molar-refractivity contribution >= 4 is 24.5 Å². The molecule has 2 aromatic rings. The molecule has 0 N–H and O–H groups in total. The molecule has 5 nitrogen and oxygen atoms in total. The molecule has 128 valence electrons. The van der Waals surface area contributed by atoms with E-state index < -0.39 is 19.1 Å². The minimum atomic E-state index is -0.992. The number of nitrogens with zero attached hydrogens (tertiary/aromatic N) is 1. The summed E-state index contributed by atoms with van der Waals surface area (Å²) in [5, 5.41) is 0. The predicted molar refractivity (Wildman–Crippen MR) is 94.9 cm³/mol. The van der Waals surface area contributed by atoms with Gasteiger partial charge in [0.15, 0.2) is 0 Å². The molecule has 1 fully saturated rings. The fourth-order valence-electron chi connectivity index (χ4n) is 2.94. The van der Waals surface area contributed by atoms with Crippen LogP contribution in [0.25, 0.3) is 0 Å². The maximum absolute atomic E-state index is 12.6. The van der Waals surface area contributed by atoms with Gasteiger partial charge in [0.1, 0.15) is 6.04 Å². The minimum Gasteiger partial charge on any atom is -0.494 e. The molecule has 0 bridgehead atoms. The van der Waals surface area contributed by atoms with Crippen molar-refractivity contribution in [3.63, 3.8) is 0 Å². The van der Waals surface area contributed by atoms with Crippen molar-refractivity contribution in [3.05, 3.63) is 66.2 Å². The summed E-state index contributed by atoms with van der Waals surface area (Å²) in [6.07, 6.45) is 0.556. The lowest BCUT2D eigenvalue weighted by atomic mass is 9.78. The van der Waals surface area contributed by atoms with Gasteiger partial charge in [0.05, 0.1) is 6.54 Å². The zero-order valence-corrected chi connectivity index (χ0v) is 14.1. The highest BCUT2D eigenvalue weighted by Crippen LogP contribution is 2.15. The largest absolute Gasteiger partial charge is 0.636 e. The van der Waals surface area contributed by atoms with Gasteiger partial charge < -0.3 is 9.31 Å². The first-order chi connectivity index (χ1) is 12.2. The van der Waals surface area contributed by atoms with Crippen LogP contribution in [-0.4, -0.2) is 36.5 Å². The molecule has 0 amide bonds. The number of hydrogen-bond acceptors (Lipinski definition) is 5. The summed E-state index contributed by atoms with van der Waals surface area (Å²) < 4.78 is 10.9. The van der Waals surface area contributed by atoms with Crippen LogP contribution in [0.1, 0.15) is 18.9 Å². The van der Waals surface area contributed by atoms with Gasteiger partial charge in [-0.15, -0.1) is 0 Å². The Kier molecular flexibility index (Phi) is 5.51. The third-order valence-corrected chi connectivity index (χ3v) is 4.19. The Morgan fingerprint density at radius 2 is 1.64 bits per heavy atom. The van der Waals surface area contributed by atoms with Gasteiger partial charge in [-0.2, -0.15) is 0 Å². The first-order valence-corrected chi connectivity index (χ1v) is 8.40. The van der Waals surface area contributed by atoms with E-state index in [1.165, 1.54) is 0 Å². The van der Waals surface area contributed by atoms with Crippen molar-refractivity contribution in [2.45, 2.75) is 25.9 Å². The number of benzene rings is 2. The normalized spacial score (nSPS) is 18.9. The second-order valence-electron chi connectivity index (χ2n) is 5.98. The summed E-state index contributed by atoms with van der Waals surface area (Å²) in [5.74, 6) is -0.782. The van der Waals surface area contributed by atoms with Gasteiger partial charge in [0.2, 0.25) is 0 Å². The Morgan fingerprint density at radius 3 is 2.28 bits per heavy atom. The first-order valence-electron chi connectivity index (χ1n) is 8.40. The van der Waals surface area contributed by atoms with Crippen molar-refractivity contribution in [3.8, 4) is 0 Å². The molecular weight excluding hydrogens is 317 g/mol. The first kappa shape index (κ1) is 17.2. The Morgan fingerprint density at radius 1 is 1.00 bits per heavy atom. The lowest BCUT2D eigenvalue weighted by Crippen LogP contribution is -2.53. The Bertz CT molecular complexity index is 723. The molecule has 0 saturated carbocycles. The summed E-state index contributed by atoms with van der Waals surface area (Å²) in [6.45, 7) is 2.44. The predicted octanol–water partition coefficient (Wildman–Crippen LogP) is 1.76. The molecule has 0 aliphatic carbocycles. The number of rotatable bonds is 4. The van der Waals surface area contributed by atoms with E-state index in [0.29, 0.717) is 18.4 Å². The van der Waals surface area contributed by atoms with E-state index in [-0.39, 0.29) is 12.5 Å². The molecule has 1 atom stereocenters. The van der Waals surface area contributed by atoms with E-state index in [4.69, 9.17) is 9.31 Å². The van der Waals surface area contributed by atoms with Crippen LogP contribution in [0.3, 0.4) is 0 Å². The summed E-state index contributed by atoms with van der Waals surface area (Å²) in [7, 11) is -0.992. The number of carbonyl (C=O) groups excluding carboxylic acids is 2. The maximum atomic E-state index is 12.6. The van der Waals surface area contributed by atoms with Crippen LogP contribution in [0.5, 0.6) is 0 Å². The number of carbonyl (C=O) groups is 2. The standard InChI is InChI=1S/C19H20BNO4/c1-2-17-19(23)25-20(16-11-7-4-8-12-16)24-18(22)14-21(17)13-15-9-5-3-6-10-15/h3-12,17H,2,13-14H2,1H3/t17-/m0/s1. The molecule has 1 heterocycles. The fraction of sp³-hybridized carbons (Fsp3) is 0.263. The molecule has 0 unspecified atom stereocenters. The second-order valence-corrected chi connectivity index (χ2v) is 5.98. The average Bonchev–Trinajstić information content (AvgIpc) is 2.62. The smallest absolute Gasteiger partial charge is 0.494 e. The average molecular weight is 337 g/mol. The van der Waals surface area contributed by atoms with E-state index in [9.17, 15) is 9.59 Å². The summed E-state index contributed by atoms with van der Waals surface area (Å²) in [4.78, 5) is 26.8. The van der Waals surface area contributed by atoms with Gasteiger partial charge in [0, 0.05) is 12.0 Å². The van der Waals surface area contributed by atoms with Crippen LogP contribution in [0.2, 0.25) is 0 Å². The van der Waals surface area contributed by atoms with Crippen LogP contribution in [-0.2, 0) is 25.4 Å². The third-order valence-electron chi connectivity index (χ3n) is 4.19. The van der Waals surface area contributed by atoms with Crippen LogP contribution < -0.4 is 5.46 Å². The van der Waals surface area contributed by atoms with E-state index in [2.05, 4.69) is 0 Å². The van der Waals surface area contributed by atoms with E-state index in [1.807, 2.05) is 55.5 Å². The minimum absolute atomic E-state index is 0.0475. The highest BCUT2D eigenvalue weighted by molar-refractivity contribution is 6.64. The Balaban J connectivity index is 1.81. The van der Waals surface area contributed by atoms with Gasteiger partial charge >= 0.3 is 19.1 Å². The zero-order chi connectivity index (χ0) is 17.6. The van der Waals surface area contributed by atoms with Gasteiger partial charge in [-0.3, -0.25) is 14.5 Å². The van der Waals surface area contributed by atoms with Crippen LogP contribution in [0.4, 0.5) is 0 Å². The molecular formula is C19H20BNO4. The van der Waals surface area contributed by atoms with Crippen molar-refractivity contribution in [1.29, 1.82) is 0 Å². The summed E-state index contributed by atoms with van der Waals surface area (Å²) >= 11 is 0. The second kappa shape index (κ2) is 7.99. The molecule has 25 heavy (non-hydrogen) atoms. The monoisotopic (exact) mass is 337 g/mol. The van der Waals surface area contributed by atoms with Gasteiger partial charge in [-0.25, -0.2) is 0 Å². The zero-order valence-electron chi connectivity index (χ0n) is 14.1. The van der Waals surface area contributed by atoms with Crippen molar-refractivity contribution < 1.29 is 18.9 Å². The van der Waals surface area contributed by atoms with E-state index in [0.717, 1.165) is 5.56 Å². The molecule has 3 rings (SSSR count). The van der Waals surface area contributed by atoms with Crippen molar-refractivity contribution in [2.24, 2.45) is 0 Å². The van der Waals surface area contributed by atoms with E-state index in [1.54, 1.807) is 17.0 Å². The quantitative estimate of drug-likeness (QED) is 0.796. The molecule has 1 saturated heterocycles. The van der Waals surface area contributed by atoms with Crippen molar-refractivity contribution in [2.75, 3.05) is 6.54 Å². The SMILES string of the molecule is CC[C@H]1C(=O)OB(c2ccccc2)OC(=O)CN1Cc1ccccc1. The molecule has 0 radical (unpaired) electrons. The topological polar surface area (TPSA) is 55.8 Å². The highest BCUT2D eigenvalue weighted by atomic mass is 16.6. The van der Waals surface area contributed by atoms with Gasteiger partial charge in [0.25, 0.3) is 0 Å². The van der Waals surface area contributed by atoms with Gasteiger partial charge in [-0.05, 0) is 12.0 Å². The third kappa shape index (κ3) is 4.28. The van der Waals surface area contributed by atoms with Crippen molar-refractivity contribution in [1.82, 2.24) is 4.90 Å². The summed E-state index contributed by atoms with van der Waals surface area (Å²) in [6, 6.07) is 18.3. The van der Waals surface area contributed by atoms with Gasteiger partial charge in [-0.1, -0.05) is 67.6 Å². The molecule has 6 heteroatoms. The molecule has 1 aliphatic heterocycles. The molecule has 0 aromatic heterocycles. The lowest BCUT2D eigenvalue weighted by molar-refractivity contribution is -0.150. The van der Waals surface area contributed by atoms with Crippen LogP contribution in [0.15, 0.2) is 60.7 Å². The maximum Gasteiger partial charge on any atom is 0.636 e. The molecule has 1 aliphatic rings. The van der Waals surface area contributed by atoms with Crippen LogP contribution in [0, 0.1) is 0 Å².